The van der Waals surface area contributed by atoms with Gasteiger partial charge in [-0.05, 0) is 23.8 Å². The van der Waals surface area contributed by atoms with Gasteiger partial charge in [-0.1, -0.05) is 42.5 Å². The summed E-state index contributed by atoms with van der Waals surface area (Å²) < 4.78 is 1.51. The van der Waals surface area contributed by atoms with Crippen molar-refractivity contribution >= 4 is 46.2 Å². The van der Waals surface area contributed by atoms with Crippen molar-refractivity contribution in [2.45, 2.75) is 0 Å². The molecule has 0 heterocycles. The molecule has 96 valence electrons. The Morgan fingerprint density at radius 3 is 2.37 bits per heavy atom. The van der Waals surface area contributed by atoms with E-state index in [0.717, 1.165) is 5.56 Å². The Bertz CT molecular complexity index is 596. The highest BCUT2D eigenvalue weighted by Gasteiger charge is 2.11. The van der Waals surface area contributed by atoms with Crippen molar-refractivity contribution in [3.63, 3.8) is 0 Å². The van der Waals surface area contributed by atoms with Gasteiger partial charge in [0.15, 0.2) is 0 Å². The largest absolute Gasteiger partial charge is 0.397 e. The van der Waals surface area contributed by atoms with Crippen molar-refractivity contribution in [3.8, 4) is 0 Å². The van der Waals surface area contributed by atoms with Gasteiger partial charge in [-0.15, -0.1) is 0 Å². The minimum Gasteiger partial charge on any atom is -0.397 e. The molecule has 0 atom stereocenters. The molecule has 19 heavy (non-hydrogen) atoms. The van der Waals surface area contributed by atoms with Crippen LogP contribution in [0.2, 0.25) is 0 Å². The number of nitrogens with zero attached hydrogens (tertiary/aromatic N) is 1. The molecule has 2 aromatic carbocycles. The first-order valence-corrected chi connectivity index (χ1v) is 6.72. The Morgan fingerprint density at radius 1 is 1.05 bits per heavy atom. The molecule has 4 heteroatoms. The third-order valence-corrected chi connectivity index (χ3v) is 3.55. The molecule has 0 saturated heterocycles. The summed E-state index contributed by atoms with van der Waals surface area (Å²) in [6.45, 7) is 0. The molecular weight excluding hydrogens is 351 g/mol. The van der Waals surface area contributed by atoms with Crippen LogP contribution < -0.4 is 8.85 Å². The summed E-state index contributed by atoms with van der Waals surface area (Å²) in [5, 5.41) is 0. The Kier molecular flexibility index (Phi) is 4.57. The number of nitrogens with two attached hydrogens (primary N) is 1. The van der Waals surface area contributed by atoms with Crippen LogP contribution in [0, 0.1) is 0 Å². The van der Waals surface area contributed by atoms with Crippen molar-refractivity contribution in [1.29, 1.82) is 0 Å². The molecule has 2 aromatic rings. The number of hydrogen-bond donors (Lipinski definition) is 1. The van der Waals surface area contributed by atoms with Crippen LogP contribution in [0.1, 0.15) is 5.56 Å². The zero-order valence-corrected chi connectivity index (χ0v) is 12.3. The van der Waals surface area contributed by atoms with Gasteiger partial charge in [0, 0.05) is 6.08 Å². The van der Waals surface area contributed by atoms with Crippen LogP contribution in [0.4, 0.5) is 11.4 Å². The zero-order valence-electron chi connectivity index (χ0n) is 10.2. The van der Waals surface area contributed by atoms with Crippen molar-refractivity contribution in [1.82, 2.24) is 0 Å². The first kappa shape index (κ1) is 13.6. The first-order valence-electron chi connectivity index (χ1n) is 5.76. The summed E-state index contributed by atoms with van der Waals surface area (Å²) in [7, 11) is 0. The molecule has 0 spiro atoms. The molecular formula is C15H13IN2O. The van der Waals surface area contributed by atoms with Crippen LogP contribution >= 0.6 is 22.9 Å². The van der Waals surface area contributed by atoms with Gasteiger partial charge in [-0.2, -0.15) is 0 Å². The Hall–Kier alpha value is -1.82. The van der Waals surface area contributed by atoms with Crippen molar-refractivity contribution in [2.75, 3.05) is 8.85 Å². The molecule has 0 radical (unpaired) electrons. The highest BCUT2D eigenvalue weighted by atomic mass is 127. The van der Waals surface area contributed by atoms with Gasteiger partial charge < -0.3 is 5.73 Å². The molecule has 0 fully saturated rings. The fourth-order valence-electron chi connectivity index (χ4n) is 1.58. The molecule has 2 N–H and O–H groups in total. The number of nitrogen functional groups attached to an aromatic ring is 1. The predicted octanol–water partition coefficient (Wildman–Crippen LogP) is 3.67. The molecule has 0 unspecified atom stereocenters. The van der Waals surface area contributed by atoms with Gasteiger partial charge >= 0.3 is 0 Å². The van der Waals surface area contributed by atoms with E-state index in [1.54, 1.807) is 12.1 Å². The minimum absolute atomic E-state index is 0.123. The van der Waals surface area contributed by atoms with E-state index in [-0.39, 0.29) is 5.91 Å². The number of hydrogen-bond acceptors (Lipinski definition) is 2. The second kappa shape index (κ2) is 6.38. The third-order valence-electron chi connectivity index (χ3n) is 2.56. The smallest absolute Gasteiger partial charge is 0.259 e. The number of rotatable bonds is 3. The van der Waals surface area contributed by atoms with Gasteiger partial charge in [-0.3, -0.25) is 4.79 Å². The predicted molar refractivity (Wildman–Crippen MR) is 87.8 cm³/mol. The Morgan fingerprint density at radius 2 is 1.68 bits per heavy atom. The summed E-state index contributed by atoms with van der Waals surface area (Å²) >= 11 is 1.95. The molecule has 0 bridgehead atoms. The molecule has 0 aliphatic rings. The number of carbonyl (C=O) groups is 1. The van der Waals surface area contributed by atoms with E-state index in [0.29, 0.717) is 11.4 Å². The van der Waals surface area contributed by atoms with Gasteiger partial charge in [0.2, 0.25) is 0 Å². The summed E-state index contributed by atoms with van der Waals surface area (Å²) in [5.74, 6) is -0.123. The van der Waals surface area contributed by atoms with Crippen molar-refractivity contribution in [2.24, 2.45) is 0 Å². The maximum atomic E-state index is 12.0. The second-order valence-electron chi connectivity index (χ2n) is 3.92. The summed E-state index contributed by atoms with van der Waals surface area (Å²) in [6, 6.07) is 17.0. The number of carbonyl (C=O) groups excluding carboxylic acids is 1. The SMILES string of the molecule is Nc1ccccc1N(I)C(=O)/C=C/c1ccccc1. The number of halogens is 1. The molecule has 0 aliphatic heterocycles. The summed E-state index contributed by atoms with van der Waals surface area (Å²) in [5.41, 5.74) is 8.11. The van der Waals surface area contributed by atoms with E-state index < -0.39 is 0 Å². The van der Waals surface area contributed by atoms with Crippen LogP contribution in [-0.4, -0.2) is 5.91 Å². The molecule has 0 saturated carbocycles. The van der Waals surface area contributed by atoms with E-state index in [1.165, 1.54) is 9.19 Å². The lowest BCUT2D eigenvalue weighted by atomic mass is 10.2. The highest BCUT2D eigenvalue weighted by Crippen LogP contribution is 2.25. The van der Waals surface area contributed by atoms with E-state index in [9.17, 15) is 4.79 Å². The number of para-hydroxylation sites is 2. The van der Waals surface area contributed by atoms with Crippen LogP contribution in [0.15, 0.2) is 60.7 Å². The zero-order chi connectivity index (χ0) is 13.7. The maximum Gasteiger partial charge on any atom is 0.259 e. The van der Waals surface area contributed by atoms with Gasteiger partial charge in [0.05, 0.1) is 34.2 Å². The molecule has 0 aromatic heterocycles. The van der Waals surface area contributed by atoms with E-state index >= 15 is 0 Å². The van der Waals surface area contributed by atoms with Crippen molar-refractivity contribution < 1.29 is 4.79 Å². The molecule has 0 aliphatic carbocycles. The summed E-state index contributed by atoms with van der Waals surface area (Å²) in [4.78, 5) is 12.0. The normalized spacial score (nSPS) is 10.6. The average Bonchev–Trinajstić information content (AvgIpc) is 2.45. The fraction of sp³-hybridized carbons (Fsp3) is 0. The lowest BCUT2D eigenvalue weighted by Gasteiger charge is -2.14. The minimum atomic E-state index is -0.123. The van der Waals surface area contributed by atoms with Gasteiger partial charge in [0.1, 0.15) is 0 Å². The lowest BCUT2D eigenvalue weighted by molar-refractivity contribution is -0.112. The standard InChI is InChI=1S/C15H13IN2O/c16-18(14-9-5-4-8-13(14)17)15(19)11-10-12-6-2-1-3-7-12/h1-11H,17H2/b11-10+. The fourth-order valence-corrected chi connectivity index (χ4v) is 2.18. The number of benzene rings is 2. The number of amides is 1. The van der Waals surface area contributed by atoms with Gasteiger partial charge in [-0.25, -0.2) is 3.11 Å². The lowest BCUT2D eigenvalue weighted by Crippen LogP contribution is -2.18. The van der Waals surface area contributed by atoms with E-state index in [4.69, 9.17) is 5.73 Å². The van der Waals surface area contributed by atoms with Crippen molar-refractivity contribution in [3.05, 3.63) is 66.2 Å². The van der Waals surface area contributed by atoms with Crippen LogP contribution in [-0.2, 0) is 4.79 Å². The van der Waals surface area contributed by atoms with Gasteiger partial charge in [0.25, 0.3) is 5.91 Å². The topological polar surface area (TPSA) is 46.3 Å². The highest BCUT2D eigenvalue weighted by molar-refractivity contribution is 14.1. The Labute approximate surface area is 126 Å². The van der Waals surface area contributed by atoms with Crippen LogP contribution in [0.5, 0.6) is 0 Å². The first-order chi connectivity index (χ1) is 9.18. The molecule has 3 nitrogen and oxygen atoms in total. The van der Waals surface area contributed by atoms with Crippen LogP contribution in [0.3, 0.4) is 0 Å². The third kappa shape index (κ3) is 3.57. The van der Waals surface area contributed by atoms with E-state index in [1.807, 2.05) is 71.4 Å². The monoisotopic (exact) mass is 364 g/mol. The Balaban J connectivity index is 2.13. The quantitative estimate of drug-likeness (QED) is 0.391. The average molecular weight is 364 g/mol. The number of anilines is 2. The second-order valence-corrected chi connectivity index (χ2v) is 4.89. The van der Waals surface area contributed by atoms with E-state index in [2.05, 4.69) is 0 Å². The summed E-state index contributed by atoms with van der Waals surface area (Å²) in [6.07, 6.45) is 3.32. The molecule has 2 rings (SSSR count). The maximum absolute atomic E-state index is 12.0. The molecule has 1 amide bonds. The van der Waals surface area contributed by atoms with Crippen LogP contribution in [0.25, 0.3) is 6.08 Å².